The monoisotopic (exact) mass is 405 g/mol. The highest BCUT2D eigenvalue weighted by Crippen LogP contribution is 2.30. The number of hydrogen-bond acceptors (Lipinski definition) is 8. The third kappa shape index (κ3) is 3.77. The number of aromatic nitrogens is 3. The fourth-order valence-electron chi connectivity index (χ4n) is 3.18. The molecule has 9 nitrogen and oxygen atoms in total. The van der Waals surface area contributed by atoms with Crippen molar-refractivity contribution >= 4 is 18.0 Å². The van der Waals surface area contributed by atoms with Gasteiger partial charge in [0, 0.05) is 37.2 Å². The number of carbonyl (C=O) groups excluding carboxylic acids is 1. The van der Waals surface area contributed by atoms with Crippen LogP contribution in [0.2, 0.25) is 0 Å². The predicted octanol–water partition coefficient (Wildman–Crippen LogP) is 2.45. The average molecular weight is 405 g/mol. The molecule has 0 aliphatic carbocycles. The Morgan fingerprint density at radius 2 is 2.13 bits per heavy atom. The Balaban J connectivity index is 1.70. The number of rotatable bonds is 5. The van der Waals surface area contributed by atoms with Gasteiger partial charge < -0.3 is 9.84 Å². The molecule has 1 aliphatic heterocycles. The lowest BCUT2D eigenvalue weighted by molar-refractivity contribution is 0.0526. The third-order valence-corrected chi connectivity index (χ3v) is 4.57. The summed E-state index contributed by atoms with van der Waals surface area (Å²) in [6.45, 7) is 2.00. The topological polar surface area (TPSA) is 110 Å². The molecule has 4 rings (SSSR count). The maximum Gasteiger partial charge on any atom is 0.338 e. The van der Waals surface area contributed by atoms with E-state index in [1.54, 1.807) is 60.7 Å². The number of phenolic OH excluding ortho intramolecular Hbond substituents is 1. The molecule has 0 amide bonds. The second-order valence-corrected chi connectivity index (χ2v) is 6.55. The van der Waals surface area contributed by atoms with Crippen molar-refractivity contribution in [1.29, 1.82) is 0 Å². The summed E-state index contributed by atoms with van der Waals surface area (Å²) in [6.07, 6.45) is 5.17. The zero-order valence-corrected chi connectivity index (χ0v) is 16.2. The molecule has 0 radical (unpaired) electrons. The van der Waals surface area contributed by atoms with E-state index in [4.69, 9.17) is 4.74 Å². The lowest BCUT2D eigenvalue weighted by Crippen LogP contribution is -2.28. The summed E-state index contributed by atoms with van der Waals surface area (Å²) in [7, 11) is 0. The Hall–Kier alpha value is -4.01. The van der Waals surface area contributed by atoms with Crippen LogP contribution in [0.25, 0.3) is 5.69 Å². The van der Waals surface area contributed by atoms with Gasteiger partial charge in [0.25, 0.3) is 0 Å². The minimum atomic E-state index is -0.479. The first-order chi connectivity index (χ1) is 14.6. The van der Waals surface area contributed by atoms with E-state index in [1.165, 1.54) is 16.9 Å². The molecule has 0 saturated carbocycles. The van der Waals surface area contributed by atoms with Gasteiger partial charge in [-0.25, -0.2) is 19.5 Å². The summed E-state index contributed by atoms with van der Waals surface area (Å²) >= 11 is 0. The number of esters is 1. The highest BCUT2D eigenvalue weighted by Gasteiger charge is 2.29. The van der Waals surface area contributed by atoms with E-state index in [0.29, 0.717) is 23.5 Å². The van der Waals surface area contributed by atoms with Gasteiger partial charge in [0.1, 0.15) is 23.3 Å². The minimum absolute atomic E-state index is 0.0976. The molecule has 1 N–H and O–H groups in total. The zero-order chi connectivity index (χ0) is 21.1. The van der Waals surface area contributed by atoms with E-state index in [1.807, 2.05) is 0 Å². The summed E-state index contributed by atoms with van der Waals surface area (Å²) in [4.78, 5) is 28.9. The Bertz CT molecular complexity index is 1170. The van der Waals surface area contributed by atoms with Crippen LogP contribution >= 0.6 is 0 Å². The van der Waals surface area contributed by atoms with Gasteiger partial charge in [0.2, 0.25) is 5.43 Å². The van der Waals surface area contributed by atoms with Gasteiger partial charge in [-0.05, 0) is 31.2 Å². The summed E-state index contributed by atoms with van der Waals surface area (Å²) < 4.78 is 6.56. The Kier molecular flexibility index (Phi) is 5.25. The molecule has 0 bridgehead atoms. The molecule has 3 aromatic rings. The smallest absolute Gasteiger partial charge is 0.338 e. The second kappa shape index (κ2) is 8.16. The highest BCUT2D eigenvalue weighted by atomic mass is 16.5. The molecule has 9 heteroatoms. The third-order valence-electron chi connectivity index (χ3n) is 4.57. The molecule has 3 heterocycles. The van der Waals surface area contributed by atoms with E-state index in [9.17, 15) is 14.7 Å². The van der Waals surface area contributed by atoms with Gasteiger partial charge >= 0.3 is 5.97 Å². The quantitative estimate of drug-likeness (QED) is 0.649. The van der Waals surface area contributed by atoms with E-state index < -0.39 is 12.0 Å². The number of ether oxygens (including phenoxy) is 1. The lowest BCUT2D eigenvalue weighted by Gasteiger charge is -2.22. The molecular weight excluding hydrogens is 386 g/mol. The Morgan fingerprint density at radius 3 is 2.93 bits per heavy atom. The van der Waals surface area contributed by atoms with Crippen LogP contribution in [0.5, 0.6) is 5.75 Å². The predicted molar refractivity (Wildman–Crippen MR) is 110 cm³/mol. The Morgan fingerprint density at radius 1 is 1.27 bits per heavy atom. The van der Waals surface area contributed by atoms with Crippen molar-refractivity contribution in [3.63, 3.8) is 0 Å². The first-order valence-electron chi connectivity index (χ1n) is 9.41. The number of nitrogens with zero attached hydrogens (tertiary/aromatic N) is 5. The molecule has 1 aromatic carbocycles. The number of hydrogen-bond donors (Lipinski definition) is 1. The van der Waals surface area contributed by atoms with Crippen LogP contribution < -0.4 is 10.4 Å². The fourth-order valence-corrected chi connectivity index (χ4v) is 3.18. The molecule has 30 heavy (non-hydrogen) atoms. The summed E-state index contributed by atoms with van der Waals surface area (Å²) in [5, 5.41) is 20.1. The van der Waals surface area contributed by atoms with Crippen LogP contribution in [0.3, 0.4) is 0 Å². The maximum absolute atomic E-state index is 12.6. The summed E-state index contributed by atoms with van der Waals surface area (Å²) in [5.74, 6) is 0.0542. The Labute approximate surface area is 171 Å². The van der Waals surface area contributed by atoms with Crippen LogP contribution in [0, 0.1) is 0 Å². The van der Waals surface area contributed by atoms with Crippen LogP contribution in [0.4, 0.5) is 5.82 Å². The maximum atomic E-state index is 12.6. The molecule has 1 unspecified atom stereocenters. The van der Waals surface area contributed by atoms with Crippen molar-refractivity contribution in [2.45, 2.75) is 19.4 Å². The molecular formula is C21H19N5O4. The van der Waals surface area contributed by atoms with E-state index >= 15 is 0 Å². The number of phenols is 1. The lowest BCUT2D eigenvalue weighted by atomic mass is 10.1. The molecule has 0 spiro atoms. The van der Waals surface area contributed by atoms with Crippen molar-refractivity contribution in [3.8, 4) is 11.4 Å². The van der Waals surface area contributed by atoms with Crippen molar-refractivity contribution in [1.82, 2.24) is 14.8 Å². The molecule has 2 aromatic heterocycles. The van der Waals surface area contributed by atoms with Crippen molar-refractivity contribution < 1.29 is 14.6 Å². The number of benzene rings is 1. The molecule has 1 aliphatic rings. The normalized spacial score (nSPS) is 15.4. The fraction of sp³-hybridized carbons (Fsp3) is 0.190. The SMILES string of the molecule is CCOC(=O)c1ccnc(N2N=CCC2c2nn(-c3cccc(O)c3)ccc2=O)c1. The molecule has 0 fully saturated rings. The number of carbonyl (C=O) groups is 1. The van der Waals surface area contributed by atoms with Gasteiger partial charge in [0.05, 0.1) is 17.9 Å². The van der Waals surface area contributed by atoms with Gasteiger partial charge in [-0.3, -0.25) is 4.79 Å². The molecule has 152 valence electrons. The van der Waals surface area contributed by atoms with Gasteiger partial charge in [0.15, 0.2) is 0 Å². The largest absolute Gasteiger partial charge is 0.508 e. The van der Waals surface area contributed by atoms with Crippen LogP contribution in [0.15, 0.2) is 64.8 Å². The average Bonchev–Trinajstić information content (AvgIpc) is 3.24. The number of pyridine rings is 1. The molecule has 0 saturated heterocycles. The van der Waals surface area contributed by atoms with Gasteiger partial charge in [-0.2, -0.15) is 10.2 Å². The summed E-state index contributed by atoms with van der Waals surface area (Å²) in [5.41, 5.74) is 1.00. The summed E-state index contributed by atoms with van der Waals surface area (Å²) in [6, 6.07) is 10.7. The first kappa shape index (κ1) is 19.3. The van der Waals surface area contributed by atoms with E-state index in [0.717, 1.165) is 0 Å². The van der Waals surface area contributed by atoms with E-state index in [-0.39, 0.29) is 23.5 Å². The van der Waals surface area contributed by atoms with Gasteiger partial charge in [-0.15, -0.1) is 0 Å². The first-order valence-corrected chi connectivity index (χ1v) is 9.41. The van der Waals surface area contributed by atoms with Crippen molar-refractivity contribution in [2.75, 3.05) is 11.6 Å². The van der Waals surface area contributed by atoms with Crippen molar-refractivity contribution in [2.24, 2.45) is 5.10 Å². The molecule has 1 atom stereocenters. The highest BCUT2D eigenvalue weighted by molar-refractivity contribution is 5.90. The van der Waals surface area contributed by atoms with Crippen molar-refractivity contribution in [3.05, 3.63) is 76.3 Å². The second-order valence-electron chi connectivity index (χ2n) is 6.55. The zero-order valence-electron chi connectivity index (χ0n) is 16.2. The van der Waals surface area contributed by atoms with Gasteiger partial charge in [-0.1, -0.05) is 6.07 Å². The number of aromatic hydroxyl groups is 1. The van der Waals surface area contributed by atoms with Crippen LogP contribution in [-0.4, -0.2) is 38.7 Å². The van der Waals surface area contributed by atoms with Crippen LogP contribution in [-0.2, 0) is 4.74 Å². The number of anilines is 1. The van der Waals surface area contributed by atoms with Crippen LogP contribution in [0.1, 0.15) is 35.4 Å². The standard InChI is InChI=1S/C21H19N5O4/c1-2-30-21(29)14-6-9-22-19(12-14)26-17(7-10-23-26)20-18(28)8-11-25(24-20)15-4-3-5-16(27)13-15/h3-6,8-13,17,27H,2,7H2,1H3. The number of hydrazone groups is 1. The van der Waals surface area contributed by atoms with E-state index in [2.05, 4.69) is 15.2 Å². The minimum Gasteiger partial charge on any atom is -0.508 e.